The highest BCUT2D eigenvalue weighted by molar-refractivity contribution is 6.43. The zero-order valence-electron chi connectivity index (χ0n) is 16.0. The van der Waals surface area contributed by atoms with Gasteiger partial charge in [-0.25, -0.2) is 0 Å². The highest BCUT2D eigenvalue weighted by Crippen LogP contribution is 2.30. The lowest BCUT2D eigenvalue weighted by Gasteiger charge is -2.22. The second-order valence-corrected chi connectivity index (χ2v) is 7.27. The number of ether oxygens (including phenoxy) is 1. The monoisotopic (exact) mass is 376 g/mol. The van der Waals surface area contributed by atoms with Gasteiger partial charge in [-0.15, -0.1) is 0 Å². The number of rotatable bonds is 5. The van der Waals surface area contributed by atoms with E-state index in [-0.39, 0.29) is 6.04 Å². The molecular formula is C23H24N2O3. The molecule has 0 aliphatic heterocycles. The number of amides is 1. The number of aromatic nitrogens is 1. The molecule has 0 saturated heterocycles. The number of hydrogen-bond donors (Lipinski definition) is 1. The third-order valence-electron chi connectivity index (χ3n) is 5.44. The van der Waals surface area contributed by atoms with E-state index in [2.05, 4.69) is 5.32 Å². The van der Waals surface area contributed by atoms with Crippen molar-refractivity contribution >= 4 is 17.2 Å². The van der Waals surface area contributed by atoms with Gasteiger partial charge in [-0.3, -0.25) is 9.59 Å². The molecule has 1 fully saturated rings. The fraction of sp³-hybridized carbons (Fsp3) is 0.304. The Morgan fingerprint density at radius 2 is 1.79 bits per heavy atom. The van der Waals surface area contributed by atoms with Crippen LogP contribution in [0.3, 0.4) is 0 Å². The first-order valence-electron chi connectivity index (χ1n) is 9.77. The van der Waals surface area contributed by atoms with Crippen LogP contribution in [-0.4, -0.2) is 29.2 Å². The van der Waals surface area contributed by atoms with E-state index in [1.54, 1.807) is 11.5 Å². The number of pyridine rings is 1. The van der Waals surface area contributed by atoms with Crippen LogP contribution in [0.25, 0.3) is 16.6 Å². The molecule has 4 rings (SSSR count). The molecule has 28 heavy (non-hydrogen) atoms. The highest BCUT2D eigenvalue weighted by Gasteiger charge is 2.27. The SMILES string of the molecule is COc1ccc(-c2cc3ccccn3c2C(=O)C(=O)NC2CCCCC2)cc1. The number of Topliss-reactive ketones (excluding diaryl/α,β-unsaturated/α-hetero) is 1. The Labute approximate surface area is 164 Å². The van der Waals surface area contributed by atoms with Crippen LogP contribution >= 0.6 is 0 Å². The topological polar surface area (TPSA) is 59.8 Å². The fourth-order valence-corrected chi connectivity index (χ4v) is 3.95. The van der Waals surface area contributed by atoms with Crippen LogP contribution in [0.1, 0.15) is 42.6 Å². The molecule has 1 aromatic carbocycles. The van der Waals surface area contributed by atoms with Gasteiger partial charge in [0.25, 0.3) is 11.7 Å². The van der Waals surface area contributed by atoms with E-state index in [9.17, 15) is 9.59 Å². The van der Waals surface area contributed by atoms with E-state index in [1.165, 1.54) is 6.42 Å². The summed E-state index contributed by atoms with van der Waals surface area (Å²) in [7, 11) is 1.62. The molecule has 1 aliphatic carbocycles. The Kier molecular flexibility index (Phi) is 5.15. The molecular weight excluding hydrogens is 352 g/mol. The lowest BCUT2D eigenvalue weighted by Crippen LogP contribution is -2.40. The summed E-state index contributed by atoms with van der Waals surface area (Å²) in [6, 6.07) is 15.3. The van der Waals surface area contributed by atoms with Crippen LogP contribution < -0.4 is 10.1 Å². The van der Waals surface area contributed by atoms with Gasteiger partial charge in [0.15, 0.2) is 0 Å². The van der Waals surface area contributed by atoms with E-state index in [4.69, 9.17) is 4.74 Å². The van der Waals surface area contributed by atoms with Gasteiger partial charge in [0.2, 0.25) is 0 Å². The molecule has 0 unspecified atom stereocenters. The van der Waals surface area contributed by atoms with Crippen LogP contribution in [0.4, 0.5) is 0 Å². The minimum atomic E-state index is -0.523. The number of carbonyl (C=O) groups is 2. The summed E-state index contributed by atoms with van der Waals surface area (Å²) >= 11 is 0. The van der Waals surface area contributed by atoms with Gasteiger partial charge < -0.3 is 14.5 Å². The first-order valence-corrected chi connectivity index (χ1v) is 9.77. The van der Waals surface area contributed by atoms with E-state index in [0.29, 0.717) is 5.69 Å². The van der Waals surface area contributed by atoms with E-state index >= 15 is 0 Å². The van der Waals surface area contributed by atoms with Crippen LogP contribution in [0, 0.1) is 0 Å². The van der Waals surface area contributed by atoms with Gasteiger partial charge in [-0.1, -0.05) is 37.5 Å². The molecule has 0 atom stereocenters. The molecule has 0 bridgehead atoms. The molecule has 144 valence electrons. The first kappa shape index (κ1) is 18.3. The van der Waals surface area contributed by atoms with E-state index in [0.717, 1.165) is 48.1 Å². The van der Waals surface area contributed by atoms with Gasteiger partial charge in [-0.05, 0) is 48.7 Å². The summed E-state index contributed by atoms with van der Waals surface area (Å²) < 4.78 is 7.02. The molecule has 2 heterocycles. The summed E-state index contributed by atoms with van der Waals surface area (Å²) in [4.78, 5) is 25.9. The number of fused-ring (bicyclic) bond motifs is 1. The summed E-state index contributed by atoms with van der Waals surface area (Å²) in [5, 5.41) is 2.95. The first-order chi connectivity index (χ1) is 13.7. The number of ketones is 1. The van der Waals surface area contributed by atoms with E-state index in [1.807, 2.05) is 54.7 Å². The Balaban J connectivity index is 1.71. The smallest absolute Gasteiger partial charge is 0.294 e. The maximum Gasteiger partial charge on any atom is 0.294 e. The largest absolute Gasteiger partial charge is 0.497 e. The number of carbonyl (C=O) groups excluding carboxylic acids is 2. The number of methoxy groups -OCH3 is 1. The van der Waals surface area contributed by atoms with Crippen LogP contribution in [-0.2, 0) is 4.79 Å². The lowest BCUT2D eigenvalue weighted by molar-refractivity contribution is -0.117. The molecule has 0 spiro atoms. The molecule has 2 aromatic heterocycles. The Morgan fingerprint density at radius 1 is 1.04 bits per heavy atom. The predicted octanol–water partition coefficient (Wildman–Crippen LogP) is 4.25. The second kappa shape index (κ2) is 7.89. The number of hydrogen-bond acceptors (Lipinski definition) is 3. The summed E-state index contributed by atoms with van der Waals surface area (Å²) in [5.74, 6) is -0.275. The van der Waals surface area contributed by atoms with Gasteiger partial charge in [0.05, 0.1) is 7.11 Å². The lowest BCUT2D eigenvalue weighted by atomic mass is 9.95. The summed E-state index contributed by atoms with van der Waals surface area (Å²) in [6.45, 7) is 0. The van der Waals surface area contributed by atoms with Crippen molar-refractivity contribution in [1.82, 2.24) is 9.72 Å². The molecule has 1 saturated carbocycles. The van der Waals surface area contributed by atoms with Crippen molar-refractivity contribution in [1.29, 1.82) is 0 Å². The molecule has 5 nitrogen and oxygen atoms in total. The second-order valence-electron chi connectivity index (χ2n) is 7.27. The minimum absolute atomic E-state index is 0.0980. The predicted molar refractivity (Wildman–Crippen MR) is 109 cm³/mol. The number of nitrogens with one attached hydrogen (secondary N) is 1. The maximum absolute atomic E-state index is 13.2. The van der Waals surface area contributed by atoms with Gasteiger partial charge >= 0.3 is 0 Å². The zero-order valence-corrected chi connectivity index (χ0v) is 16.0. The number of benzene rings is 1. The summed E-state index contributed by atoms with van der Waals surface area (Å²) in [6.07, 6.45) is 7.11. The average Bonchev–Trinajstić information content (AvgIpc) is 3.13. The van der Waals surface area contributed by atoms with Crippen LogP contribution in [0.15, 0.2) is 54.7 Å². The highest BCUT2D eigenvalue weighted by atomic mass is 16.5. The Hall–Kier alpha value is -3.08. The molecule has 1 N–H and O–H groups in total. The standard InChI is InChI=1S/C23H24N2O3/c1-28-19-12-10-16(11-13-19)20-15-18-9-5-6-14-25(18)21(20)22(26)23(27)24-17-7-3-2-4-8-17/h5-6,9-15,17H,2-4,7-8H2,1H3,(H,24,27). The van der Waals surface area contributed by atoms with Crippen LogP contribution in [0.2, 0.25) is 0 Å². The zero-order chi connectivity index (χ0) is 19.5. The van der Waals surface area contributed by atoms with Crippen molar-refractivity contribution in [2.24, 2.45) is 0 Å². The van der Waals surface area contributed by atoms with E-state index < -0.39 is 11.7 Å². The Morgan fingerprint density at radius 3 is 2.50 bits per heavy atom. The molecule has 1 amide bonds. The molecule has 0 radical (unpaired) electrons. The minimum Gasteiger partial charge on any atom is -0.497 e. The van der Waals surface area contributed by atoms with Crippen molar-refractivity contribution in [3.8, 4) is 16.9 Å². The molecule has 5 heteroatoms. The van der Waals surface area contributed by atoms with Gasteiger partial charge in [0.1, 0.15) is 11.4 Å². The fourth-order valence-electron chi connectivity index (χ4n) is 3.95. The quantitative estimate of drug-likeness (QED) is 0.535. The van der Waals surface area contributed by atoms with Crippen LogP contribution in [0.5, 0.6) is 5.75 Å². The van der Waals surface area contributed by atoms with Crippen molar-refractivity contribution in [2.45, 2.75) is 38.1 Å². The number of nitrogens with zero attached hydrogens (tertiary/aromatic N) is 1. The molecule has 3 aromatic rings. The van der Waals surface area contributed by atoms with Crippen molar-refractivity contribution < 1.29 is 14.3 Å². The maximum atomic E-state index is 13.2. The third kappa shape index (κ3) is 3.52. The van der Waals surface area contributed by atoms with Crippen molar-refractivity contribution in [3.63, 3.8) is 0 Å². The van der Waals surface area contributed by atoms with Crippen molar-refractivity contribution in [2.75, 3.05) is 7.11 Å². The average molecular weight is 376 g/mol. The summed E-state index contributed by atoms with van der Waals surface area (Å²) in [5.41, 5.74) is 2.90. The van der Waals surface area contributed by atoms with Gasteiger partial charge in [0, 0.05) is 23.3 Å². The van der Waals surface area contributed by atoms with Crippen molar-refractivity contribution in [3.05, 3.63) is 60.4 Å². The van der Waals surface area contributed by atoms with Gasteiger partial charge in [-0.2, -0.15) is 0 Å². The normalized spacial score (nSPS) is 14.8. The Bertz CT molecular complexity index is 998. The molecule has 1 aliphatic rings. The third-order valence-corrected chi connectivity index (χ3v) is 5.44.